The first-order valence-corrected chi connectivity index (χ1v) is 6.90. The third-order valence-electron chi connectivity index (χ3n) is 3.55. The van der Waals surface area contributed by atoms with Crippen molar-refractivity contribution in [3.05, 3.63) is 35.1 Å². The molecule has 3 nitrogen and oxygen atoms in total. The Morgan fingerprint density at radius 3 is 3.05 bits per heavy atom. The topological polar surface area (TPSA) is 32.3 Å². The third-order valence-corrected chi connectivity index (χ3v) is 3.55. The van der Waals surface area contributed by atoms with Gasteiger partial charge in [0, 0.05) is 19.1 Å². The highest BCUT2D eigenvalue weighted by atomic mass is 19.1. The van der Waals surface area contributed by atoms with Crippen LogP contribution in [0.4, 0.5) is 4.39 Å². The molecule has 1 heterocycles. The van der Waals surface area contributed by atoms with E-state index in [2.05, 4.69) is 12.2 Å². The van der Waals surface area contributed by atoms with E-state index in [9.17, 15) is 9.18 Å². The van der Waals surface area contributed by atoms with Gasteiger partial charge in [-0.25, -0.2) is 4.39 Å². The largest absolute Gasteiger partial charge is 0.337 e. The van der Waals surface area contributed by atoms with Gasteiger partial charge in [0.25, 0.3) is 5.91 Å². The maximum Gasteiger partial charge on any atom is 0.256 e. The summed E-state index contributed by atoms with van der Waals surface area (Å²) >= 11 is 0. The summed E-state index contributed by atoms with van der Waals surface area (Å²) in [6.07, 6.45) is 2.05. The molecule has 0 aromatic heterocycles. The fourth-order valence-electron chi connectivity index (χ4n) is 2.59. The van der Waals surface area contributed by atoms with Crippen LogP contribution in [0.5, 0.6) is 0 Å². The van der Waals surface area contributed by atoms with Gasteiger partial charge < -0.3 is 10.2 Å². The second kappa shape index (κ2) is 6.15. The number of aryl methyl sites for hydroxylation is 1. The Balaban J connectivity index is 2.12. The van der Waals surface area contributed by atoms with Crippen molar-refractivity contribution in [2.24, 2.45) is 0 Å². The highest BCUT2D eigenvalue weighted by Gasteiger charge is 2.25. The number of hydrogen-bond donors (Lipinski definition) is 1. The molecule has 1 aliphatic heterocycles. The Morgan fingerprint density at radius 2 is 2.32 bits per heavy atom. The van der Waals surface area contributed by atoms with E-state index >= 15 is 0 Å². The van der Waals surface area contributed by atoms with Crippen molar-refractivity contribution in [1.82, 2.24) is 10.2 Å². The lowest BCUT2D eigenvalue weighted by Crippen LogP contribution is -2.48. The van der Waals surface area contributed by atoms with Crippen molar-refractivity contribution in [2.45, 2.75) is 32.7 Å². The lowest BCUT2D eigenvalue weighted by Gasteiger charge is -2.33. The zero-order valence-corrected chi connectivity index (χ0v) is 11.6. The molecule has 1 aromatic rings. The standard InChI is InChI=1S/C15H21FN2O/c1-3-17-12-5-4-8-18(10-12)15(19)13-9-11(2)6-7-14(13)16/h6-7,9,12,17H,3-5,8,10H2,1-2H3. The van der Waals surface area contributed by atoms with Crippen LogP contribution in [0.1, 0.15) is 35.7 Å². The fraction of sp³-hybridized carbons (Fsp3) is 0.533. The Morgan fingerprint density at radius 1 is 1.53 bits per heavy atom. The van der Waals surface area contributed by atoms with Gasteiger partial charge in [-0.05, 0) is 38.4 Å². The quantitative estimate of drug-likeness (QED) is 0.909. The summed E-state index contributed by atoms with van der Waals surface area (Å²) in [5, 5.41) is 3.36. The first-order valence-electron chi connectivity index (χ1n) is 6.90. The fourth-order valence-corrected chi connectivity index (χ4v) is 2.59. The number of benzene rings is 1. The lowest BCUT2D eigenvalue weighted by molar-refractivity contribution is 0.0691. The smallest absolute Gasteiger partial charge is 0.256 e. The minimum absolute atomic E-state index is 0.191. The van der Waals surface area contributed by atoms with Gasteiger partial charge >= 0.3 is 0 Å². The van der Waals surface area contributed by atoms with E-state index in [1.54, 1.807) is 17.0 Å². The average Bonchev–Trinajstić information content (AvgIpc) is 2.41. The summed E-state index contributed by atoms with van der Waals surface area (Å²) < 4.78 is 13.8. The molecule has 19 heavy (non-hydrogen) atoms. The molecule has 1 aliphatic rings. The summed E-state index contributed by atoms with van der Waals surface area (Å²) in [7, 11) is 0. The van der Waals surface area contributed by atoms with Crippen LogP contribution in [-0.2, 0) is 0 Å². The average molecular weight is 264 g/mol. The molecule has 2 rings (SSSR count). The van der Waals surface area contributed by atoms with Crippen molar-refractivity contribution < 1.29 is 9.18 Å². The first-order chi connectivity index (χ1) is 9.11. The zero-order chi connectivity index (χ0) is 13.8. The molecule has 1 unspecified atom stereocenters. The first kappa shape index (κ1) is 14.0. The summed E-state index contributed by atoms with van der Waals surface area (Å²) in [6, 6.07) is 5.02. The Hall–Kier alpha value is -1.42. The predicted octanol–water partition coefficient (Wildman–Crippen LogP) is 2.35. The van der Waals surface area contributed by atoms with E-state index in [4.69, 9.17) is 0 Å². The maximum absolute atomic E-state index is 13.8. The van der Waals surface area contributed by atoms with Crippen molar-refractivity contribution >= 4 is 5.91 Å². The zero-order valence-electron chi connectivity index (χ0n) is 11.6. The summed E-state index contributed by atoms with van der Waals surface area (Å²) in [5.74, 6) is -0.620. The lowest BCUT2D eigenvalue weighted by atomic mass is 10.0. The van der Waals surface area contributed by atoms with Crippen molar-refractivity contribution in [2.75, 3.05) is 19.6 Å². The molecule has 0 bridgehead atoms. The highest BCUT2D eigenvalue weighted by molar-refractivity contribution is 5.94. The Kier molecular flexibility index (Phi) is 4.53. The number of rotatable bonds is 3. The van der Waals surface area contributed by atoms with Gasteiger partial charge in [0.05, 0.1) is 5.56 Å². The Bertz CT molecular complexity index is 459. The number of likely N-dealkylation sites (tertiary alicyclic amines) is 1. The molecule has 104 valence electrons. The predicted molar refractivity (Wildman–Crippen MR) is 73.7 cm³/mol. The van der Waals surface area contributed by atoms with Crippen LogP contribution in [0.2, 0.25) is 0 Å². The van der Waals surface area contributed by atoms with Crippen LogP contribution >= 0.6 is 0 Å². The second-order valence-corrected chi connectivity index (χ2v) is 5.13. The van der Waals surface area contributed by atoms with Crippen LogP contribution < -0.4 is 5.32 Å². The van der Waals surface area contributed by atoms with Crippen LogP contribution in [0.3, 0.4) is 0 Å². The maximum atomic E-state index is 13.8. The molecule has 1 atom stereocenters. The van der Waals surface area contributed by atoms with Crippen molar-refractivity contribution in [1.29, 1.82) is 0 Å². The summed E-state index contributed by atoms with van der Waals surface area (Å²) in [5.41, 5.74) is 1.10. The van der Waals surface area contributed by atoms with E-state index in [-0.39, 0.29) is 11.5 Å². The van der Waals surface area contributed by atoms with Crippen molar-refractivity contribution in [3.8, 4) is 0 Å². The SMILES string of the molecule is CCNC1CCCN(C(=O)c2cc(C)ccc2F)C1. The number of likely N-dealkylation sites (N-methyl/N-ethyl adjacent to an activating group) is 1. The third kappa shape index (κ3) is 3.32. The summed E-state index contributed by atoms with van der Waals surface area (Å²) in [4.78, 5) is 14.1. The molecule has 0 aliphatic carbocycles. The molecule has 0 saturated carbocycles. The number of piperidine rings is 1. The van der Waals surface area contributed by atoms with E-state index < -0.39 is 5.82 Å². The van der Waals surface area contributed by atoms with Gasteiger partial charge in [0.1, 0.15) is 5.82 Å². The minimum atomic E-state index is -0.429. The van der Waals surface area contributed by atoms with Gasteiger partial charge in [-0.15, -0.1) is 0 Å². The number of nitrogens with zero attached hydrogens (tertiary/aromatic N) is 1. The van der Waals surface area contributed by atoms with E-state index in [0.717, 1.165) is 24.9 Å². The Labute approximate surface area is 113 Å². The van der Waals surface area contributed by atoms with E-state index in [0.29, 0.717) is 19.1 Å². The molecule has 1 aromatic carbocycles. The molecular weight excluding hydrogens is 243 g/mol. The van der Waals surface area contributed by atoms with Gasteiger partial charge in [0.15, 0.2) is 0 Å². The molecule has 1 amide bonds. The van der Waals surface area contributed by atoms with Crippen LogP contribution in [0, 0.1) is 12.7 Å². The van der Waals surface area contributed by atoms with Gasteiger partial charge in [-0.3, -0.25) is 4.79 Å². The molecule has 1 saturated heterocycles. The number of hydrogen-bond acceptors (Lipinski definition) is 2. The molecule has 1 N–H and O–H groups in total. The van der Waals surface area contributed by atoms with E-state index in [1.807, 2.05) is 6.92 Å². The van der Waals surface area contributed by atoms with Crippen LogP contribution in [0.25, 0.3) is 0 Å². The monoisotopic (exact) mass is 264 g/mol. The second-order valence-electron chi connectivity index (χ2n) is 5.13. The number of carbonyl (C=O) groups is 1. The molecule has 0 spiro atoms. The molecule has 4 heteroatoms. The molecule has 1 fully saturated rings. The molecule has 0 radical (unpaired) electrons. The van der Waals surface area contributed by atoms with Gasteiger partial charge in [-0.2, -0.15) is 0 Å². The minimum Gasteiger partial charge on any atom is -0.337 e. The van der Waals surface area contributed by atoms with E-state index in [1.165, 1.54) is 6.07 Å². The molecular formula is C15H21FN2O. The van der Waals surface area contributed by atoms with Crippen LogP contribution in [-0.4, -0.2) is 36.5 Å². The van der Waals surface area contributed by atoms with Gasteiger partial charge in [0.2, 0.25) is 0 Å². The number of amides is 1. The van der Waals surface area contributed by atoms with Crippen LogP contribution in [0.15, 0.2) is 18.2 Å². The highest BCUT2D eigenvalue weighted by Crippen LogP contribution is 2.17. The number of halogens is 1. The number of carbonyl (C=O) groups excluding carboxylic acids is 1. The normalized spacial score (nSPS) is 19.5. The van der Waals surface area contributed by atoms with Gasteiger partial charge in [-0.1, -0.05) is 18.6 Å². The van der Waals surface area contributed by atoms with Crippen molar-refractivity contribution in [3.63, 3.8) is 0 Å². The number of nitrogens with one attached hydrogen (secondary N) is 1. The summed E-state index contributed by atoms with van der Waals surface area (Å²) in [6.45, 7) is 6.20.